The van der Waals surface area contributed by atoms with Gasteiger partial charge in [-0.15, -0.1) is 11.3 Å². The molecule has 0 aliphatic heterocycles. The molecule has 1 aliphatic rings. The monoisotopic (exact) mass is 309 g/mol. The Morgan fingerprint density at radius 2 is 2.05 bits per heavy atom. The number of rotatable bonds is 3. The number of hydrogen-bond acceptors (Lipinski definition) is 3. The quantitative estimate of drug-likeness (QED) is 0.899. The Bertz CT molecular complexity index is 525. The van der Waals surface area contributed by atoms with E-state index in [-0.39, 0.29) is 12.5 Å². The van der Waals surface area contributed by atoms with Gasteiger partial charge in [0.2, 0.25) is 0 Å². The summed E-state index contributed by atoms with van der Waals surface area (Å²) in [5.74, 6) is 0.634. The molecule has 2 N–H and O–H groups in total. The van der Waals surface area contributed by atoms with Crippen LogP contribution in [0, 0.1) is 11.3 Å². The van der Waals surface area contributed by atoms with Crippen molar-refractivity contribution in [1.82, 2.24) is 5.32 Å². The summed E-state index contributed by atoms with van der Waals surface area (Å²) in [6, 6.07) is 0. The van der Waals surface area contributed by atoms with E-state index >= 15 is 0 Å². The second kappa shape index (κ2) is 5.73. The average Bonchev–Trinajstić information content (AvgIpc) is 2.80. The molecular weight excluding hydrogens is 282 g/mol. The zero-order valence-corrected chi connectivity index (χ0v) is 14.6. The molecule has 0 radical (unpaired) electrons. The van der Waals surface area contributed by atoms with Gasteiger partial charge in [0, 0.05) is 10.3 Å². The van der Waals surface area contributed by atoms with E-state index in [1.165, 1.54) is 10.4 Å². The number of thiophene rings is 1. The molecule has 4 heteroatoms. The maximum atomic E-state index is 12.4. The smallest absolute Gasteiger partial charge is 0.252 e. The van der Waals surface area contributed by atoms with Crippen molar-refractivity contribution in [2.75, 3.05) is 6.61 Å². The lowest BCUT2D eigenvalue weighted by molar-refractivity contribution is 0.0868. The van der Waals surface area contributed by atoms with Gasteiger partial charge in [-0.2, -0.15) is 0 Å². The third-order valence-corrected chi connectivity index (χ3v) is 5.52. The van der Waals surface area contributed by atoms with Crippen LogP contribution in [0.1, 0.15) is 61.8 Å². The Morgan fingerprint density at radius 3 is 2.62 bits per heavy atom. The standard InChI is InChI=1S/C17H27NO2S/c1-16(2,3)11-6-7-12-13(9-21-14(12)8-11)15(20)18-17(4,5)10-19/h9,11,19H,6-8,10H2,1-5H3,(H,18,20). The molecule has 0 aromatic carbocycles. The third kappa shape index (κ3) is 3.67. The Labute approximate surface area is 131 Å². The van der Waals surface area contributed by atoms with E-state index in [0.717, 1.165) is 24.8 Å². The molecule has 118 valence electrons. The molecule has 1 aliphatic carbocycles. The summed E-state index contributed by atoms with van der Waals surface area (Å²) in [7, 11) is 0. The maximum absolute atomic E-state index is 12.4. The summed E-state index contributed by atoms with van der Waals surface area (Å²) >= 11 is 1.71. The molecule has 0 bridgehead atoms. The van der Waals surface area contributed by atoms with Crippen molar-refractivity contribution >= 4 is 17.2 Å². The molecule has 3 nitrogen and oxygen atoms in total. The van der Waals surface area contributed by atoms with Gasteiger partial charge in [-0.3, -0.25) is 4.79 Å². The predicted molar refractivity (Wildman–Crippen MR) is 87.9 cm³/mol. The van der Waals surface area contributed by atoms with Crippen LogP contribution in [0.2, 0.25) is 0 Å². The topological polar surface area (TPSA) is 49.3 Å². The number of aliphatic hydroxyl groups is 1. The molecule has 0 spiro atoms. The molecule has 1 atom stereocenters. The van der Waals surface area contributed by atoms with Crippen molar-refractivity contribution in [3.8, 4) is 0 Å². The number of carbonyl (C=O) groups is 1. The normalized spacial score (nSPS) is 19.2. The second-order valence-electron chi connectivity index (χ2n) is 7.85. The van der Waals surface area contributed by atoms with E-state index in [0.29, 0.717) is 11.3 Å². The zero-order chi connectivity index (χ0) is 15.8. The van der Waals surface area contributed by atoms with Crippen LogP contribution in [0.5, 0.6) is 0 Å². The third-order valence-electron chi connectivity index (χ3n) is 4.47. The van der Waals surface area contributed by atoms with Crippen LogP contribution in [-0.4, -0.2) is 23.2 Å². The van der Waals surface area contributed by atoms with Crippen LogP contribution < -0.4 is 5.32 Å². The van der Waals surface area contributed by atoms with Crippen molar-refractivity contribution in [3.05, 3.63) is 21.4 Å². The molecule has 1 heterocycles. The number of amides is 1. The van der Waals surface area contributed by atoms with Gasteiger partial charge in [-0.05, 0) is 50.0 Å². The minimum Gasteiger partial charge on any atom is -0.394 e. The first-order valence-electron chi connectivity index (χ1n) is 7.66. The van der Waals surface area contributed by atoms with Gasteiger partial charge < -0.3 is 10.4 Å². The van der Waals surface area contributed by atoms with Gasteiger partial charge in [0.05, 0.1) is 17.7 Å². The Balaban J connectivity index is 2.17. The highest BCUT2D eigenvalue weighted by atomic mass is 32.1. The molecule has 21 heavy (non-hydrogen) atoms. The highest BCUT2D eigenvalue weighted by Gasteiger charge is 2.32. The summed E-state index contributed by atoms with van der Waals surface area (Å²) in [5, 5.41) is 14.2. The number of hydrogen-bond donors (Lipinski definition) is 2. The Kier molecular flexibility index (Phi) is 4.50. The molecule has 1 aromatic heterocycles. The number of fused-ring (bicyclic) bond motifs is 1. The molecular formula is C17H27NO2S. The van der Waals surface area contributed by atoms with Crippen LogP contribution in [0.3, 0.4) is 0 Å². The lowest BCUT2D eigenvalue weighted by Gasteiger charge is -2.34. The number of nitrogens with one attached hydrogen (secondary N) is 1. The fraction of sp³-hybridized carbons (Fsp3) is 0.706. The maximum Gasteiger partial charge on any atom is 0.252 e. The molecule has 1 aromatic rings. The van der Waals surface area contributed by atoms with Gasteiger partial charge in [0.15, 0.2) is 0 Å². The van der Waals surface area contributed by atoms with E-state index in [9.17, 15) is 9.90 Å². The summed E-state index contributed by atoms with van der Waals surface area (Å²) in [5.41, 5.74) is 1.79. The number of aliphatic hydroxyl groups excluding tert-OH is 1. The lowest BCUT2D eigenvalue weighted by Crippen LogP contribution is -2.46. The van der Waals surface area contributed by atoms with Crippen molar-refractivity contribution in [1.29, 1.82) is 0 Å². The second-order valence-corrected chi connectivity index (χ2v) is 8.82. The van der Waals surface area contributed by atoms with Crippen molar-refractivity contribution in [2.24, 2.45) is 11.3 Å². The van der Waals surface area contributed by atoms with E-state index in [4.69, 9.17) is 0 Å². The highest BCUT2D eigenvalue weighted by Crippen LogP contribution is 2.40. The largest absolute Gasteiger partial charge is 0.394 e. The van der Waals surface area contributed by atoms with Crippen LogP contribution in [0.15, 0.2) is 5.38 Å². The fourth-order valence-electron chi connectivity index (χ4n) is 2.86. The van der Waals surface area contributed by atoms with E-state index < -0.39 is 5.54 Å². The summed E-state index contributed by atoms with van der Waals surface area (Å²) in [6.45, 7) is 10.5. The van der Waals surface area contributed by atoms with E-state index in [1.807, 2.05) is 19.2 Å². The molecule has 0 saturated heterocycles. The van der Waals surface area contributed by atoms with Crippen LogP contribution >= 0.6 is 11.3 Å². The molecule has 0 fully saturated rings. The van der Waals surface area contributed by atoms with Crippen LogP contribution in [0.25, 0.3) is 0 Å². The highest BCUT2D eigenvalue weighted by molar-refractivity contribution is 7.10. The lowest BCUT2D eigenvalue weighted by atomic mass is 9.72. The molecule has 1 amide bonds. The molecule has 2 rings (SSSR count). The molecule has 0 saturated carbocycles. The first-order chi connectivity index (χ1) is 9.64. The van der Waals surface area contributed by atoms with Crippen molar-refractivity contribution in [2.45, 2.75) is 59.4 Å². The van der Waals surface area contributed by atoms with Gasteiger partial charge in [0.1, 0.15) is 0 Å². The predicted octanol–water partition coefficient (Wildman–Crippen LogP) is 3.40. The Hall–Kier alpha value is -0.870. The van der Waals surface area contributed by atoms with Gasteiger partial charge in [0.25, 0.3) is 5.91 Å². The summed E-state index contributed by atoms with van der Waals surface area (Å²) in [4.78, 5) is 13.8. The average molecular weight is 309 g/mol. The number of carbonyl (C=O) groups excluding carboxylic acids is 1. The molecule has 1 unspecified atom stereocenters. The Morgan fingerprint density at radius 1 is 1.38 bits per heavy atom. The minimum atomic E-state index is -0.575. The summed E-state index contributed by atoms with van der Waals surface area (Å²) < 4.78 is 0. The van der Waals surface area contributed by atoms with Gasteiger partial charge in [-0.25, -0.2) is 0 Å². The minimum absolute atomic E-state index is 0.0549. The van der Waals surface area contributed by atoms with Gasteiger partial charge >= 0.3 is 0 Å². The SMILES string of the molecule is CC(C)(CO)NC(=O)c1csc2c1CCC(C(C)(C)C)C2. The zero-order valence-electron chi connectivity index (χ0n) is 13.7. The first kappa shape index (κ1) is 16.5. The fourth-order valence-corrected chi connectivity index (χ4v) is 4.02. The van der Waals surface area contributed by atoms with Gasteiger partial charge in [-0.1, -0.05) is 20.8 Å². The van der Waals surface area contributed by atoms with E-state index in [1.54, 1.807) is 11.3 Å². The van der Waals surface area contributed by atoms with Crippen molar-refractivity contribution in [3.63, 3.8) is 0 Å². The summed E-state index contributed by atoms with van der Waals surface area (Å²) in [6.07, 6.45) is 3.22. The van der Waals surface area contributed by atoms with Crippen LogP contribution in [0.4, 0.5) is 0 Å². The van der Waals surface area contributed by atoms with Crippen molar-refractivity contribution < 1.29 is 9.90 Å². The van der Waals surface area contributed by atoms with E-state index in [2.05, 4.69) is 26.1 Å². The van der Waals surface area contributed by atoms with Crippen LogP contribution in [-0.2, 0) is 12.8 Å². The first-order valence-corrected chi connectivity index (χ1v) is 8.54.